The molecule has 26 heavy (non-hydrogen) atoms. The maximum atomic E-state index is 12.6. The summed E-state index contributed by atoms with van der Waals surface area (Å²) >= 11 is 0. The monoisotopic (exact) mass is 356 g/mol. The van der Waals surface area contributed by atoms with Gasteiger partial charge in [-0.05, 0) is 38.8 Å². The largest absolute Gasteiger partial charge is 0.369 e. The van der Waals surface area contributed by atoms with Crippen molar-refractivity contribution in [1.82, 2.24) is 25.0 Å². The molecule has 3 rings (SSSR count). The van der Waals surface area contributed by atoms with Crippen molar-refractivity contribution >= 4 is 11.7 Å². The fourth-order valence-electron chi connectivity index (χ4n) is 3.36. The van der Waals surface area contributed by atoms with Gasteiger partial charge in [-0.2, -0.15) is 5.10 Å². The van der Waals surface area contributed by atoms with Crippen molar-refractivity contribution < 1.29 is 4.79 Å². The van der Waals surface area contributed by atoms with Crippen molar-refractivity contribution in [3.63, 3.8) is 0 Å². The molecule has 0 atom stereocenters. The van der Waals surface area contributed by atoms with Gasteiger partial charge in [0, 0.05) is 69.1 Å². The summed E-state index contributed by atoms with van der Waals surface area (Å²) in [4.78, 5) is 21.0. The summed E-state index contributed by atoms with van der Waals surface area (Å²) in [6.07, 6.45) is 6.69. The number of aryl methyl sites for hydroxylation is 3. The van der Waals surface area contributed by atoms with E-state index in [0.717, 1.165) is 50.4 Å². The maximum absolute atomic E-state index is 12.6. The van der Waals surface area contributed by atoms with Crippen LogP contribution in [-0.2, 0) is 13.1 Å². The standard InChI is InChI=1S/C19H28N6O/c1-4-25-14-17(16(3)22-25)13-21-19(26)24-9-5-8-23(10-11-24)18-6-7-20-12-15(18)2/h6-7,12,14H,4-5,8-11,13H2,1-3H3,(H,21,26). The number of pyridine rings is 1. The van der Waals surface area contributed by atoms with E-state index in [-0.39, 0.29) is 6.03 Å². The van der Waals surface area contributed by atoms with Crippen LogP contribution in [0.2, 0.25) is 0 Å². The summed E-state index contributed by atoms with van der Waals surface area (Å²) in [7, 11) is 0. The lowest BCUT2D eigenvalue weighted by Gasteiger charge is -2.25. The van der Waals surface area contributed by atoms with Gasteiger partial charge >= 0.3 is 6.03 Å². The minimum atomic E-state index is 0.00180. The third-order valence-electron chi connectivity index (χ3n) is 4.92. The zero-order chi connectivity index (χ0) is 18.5. The van der Waals surface area contributed by atoms with Crippen molar-refractivity contribution in [2.75, 3.05) is 31.1 Å². The Morgan fingerprint density at radius 3 is 2.81 bits per heavy atom. The highest BCUT2D eigenvalue weighted by Crippen LogP contribution is 2.20. The van der Waals surface area contributed by atoms with E-state index in [1.165, 1.54) is 11.3 Å². The van der Waals surface area contributed by atoms with E-state index >= 15 is 0 Å². The molecule has 1 aliphatic heterocycles. The first-order valence-electron chi connectivity index (χ1n) is 9.29. The predicted molar refractivity (Wildman–Crippen MR) is 102 cm³/mol. The molecule has 1 aliphatic rings. The average Bonchev–Trinajstić information content (AvgIpc) is 2.84. The number of urea groups is 1. The number of hydrogen-bond acceptors (Lipinski definition) is 4. The topological polar surface area (TPSA) is 66.3 Å². The Balaban J connectivity index is 1.56. The molecule has 1 N–H and O–H groups in total. The molecule has 2 amide bonds. The molecule has 0 bridgehead atoms. The van der Waals surface area contributed by atoms with Crippen LogP contribution in [0.25, 0.3) is 0 Å². The number of nitrogens with one attached hydrogen (secondary N) is 1. The Morgan fingerprint density at radius 1 is 1.23 bits per heavy atom. The molecule has 3 heterocycles. The van der Waals surface area contributed by atoms with Crippen molar-refractivity contribution in [3.05, 3.63) is 41.5 Å². The van der Waals surface area contributed by atoms with E-state index in [0.29, 0.717) is 6.54 Å². The fourth-order valence-corrected chi connectivity index (χ4v) is 3.36. The lowest BCUT2D eigenvalue weighted by molar-refractivity contribution is 0.201. The summed E-state index contributed by atoms with van der Waals surface area (Å²) in [6.45, 7) is 10.8. The van der Waals surface area contributed by atoms with Gasteiger partial charge in [0.1, 0.15) is 0 Å². The second kappa shape index (κ2) is 8.21. The molecule has 0 spiro atoms. The summed E-state index contributed by atoms with van der Waals surface area (Å²) in [5.41, 5.74) is 4.44. The van der Waals surface area contributed by atoms with Crippen LogP contribution in [0.4, 0.5) is 10.5 Å². The molecule has 1 saturated heterocycles. The Hall–Kier alpha value is -2.57. The number of carbonyl (C=O) groups excluding carboxylic acids is 1. The van der Waals surface area contributed by atoms with E-state index in [2.05, 4.69) is 40.2 Å². The van der Waals surface area contributed by atoms with Crippen molar-refractivity contribution in [1.29, 1.82) is 0 Å². The molecule has 0 aromatic carbocycles. The van der Waals surface area contributed by atoms with Crippen LogP contribution >= 0.6 is 0 Å². The highest BCUT2D eigenvalue weighted by molar-refractivity contribution is 5.74. The van der Waals surface area contributed by atoms with Gasteiger partial charge in [0.15, 0.2) is 0 Å². The van der Waals surface area contributed by atoms with Gasteiger partial charge < -0.3 is 15.1 Å². The average molecular weight is 356 g/mol. The second-order valence-corrected chi connectivity index (χ2v) is 6.74. The molecule has 0 aliphatic carbocycles. The van der Waals surface area contributed by atoms with Crippen LogP contribution in [0.1, 0.15) is 30.2 Å². The number of rotatable bonds is 4. The van der Waals surface area contributed by atoms with Crippen LogP contribution in [0.3, 0.4) is 0 Å². The third kappa shape index (κ3) is 4.15. The molecular weight excluding hydrogens is 328 g/mol. The number of carbonyl (C=O) groups is 1. The van der Waals surface area contributed by atoms with E-state index in [4.69, 9.17) is 0 Å². The summed E-state index contributed by atoms with van der Waals surface area (Å²) in [5, 5.41) is 7.47. The normalized spacial score (nSPS) is 15.0. The zero-order valence-corrected chi connectivity index (χ0v) is 15.9. The van der Waals surface area contributed by atoms with Gasteiger partial charge in [0.25, 0.3) is 0 Å². The molecule has 7 heteroatoms. The quantitative estimate of drug-likeness (QED) is 0.913. The SMILES string of the molecule is CCn1cc(CNC(=O)N2CCCN(c3ccncc3C)CC2)c(C)n1. The molecule has 0 saturated carbocycles. The van der Waals surface area contributed by atoms with Crippen molar-refractivity contribution in [2.24, 2.45) is 0 Å². The molecular formula is C19H28N6O. The Kier molecular flexibility index (Phi) is 5.75. The van der Waals surface area contributed by atoms with Crippen molar-refractivity contribution in [3.8, 4) is 0 Å². The summed E-state index contributed by atoms with van der Waals surface area (Å²) in [5.74, 6) is 0. The van der Waals surface area contributed by atoms with Gasteiger partial charge in [-0.15, -0.1) is 0 Å². The number of nitrogens with zero attached hydrogens (tertiary/aromatic N) is 5. The van der Waals surface area contributed by atoms with Crippen LogP contribution < -0.4 is 10.2 Å². The number of anilines is 1. The van der Waals surface area contributed by atoms with Gasteiger partial charge in [-0.3, -0.25) is 9.67 Å². The molecule has 0 radical (unpaired) electrons. The Bertz CT molecular complexity index is 756. The van der Waals surface area contributed by atoms with E-state index in [9.17, 15) is 4.79 Å². The maximum Gasteiger partial charge on any atom is 0.317 e. The van der Waals surface area contributed by atoms with Crippen LogP contribution in [0, 0.1) is 13.8 Å². The first-order valence-corrected chi connectivity index (χ1v) is 9.29. The number of amides is 2. The Labute approximate surface area is 155 Å². The lowest BCUT2D eigenvalue weighted by atomic mass is 10.2. The molecule has 1 fully saturated rings. The molecule has 140 valence electrons. The van der Waals surface area contributed by atoms with E-state index in [1.54, 1.807) is 0 Å². The third-order valence-corrected chi connectivity index (χ3v) is 4.92. The van der Waals surface area contributed by atoms with Gasteiger partial charge in [-0.1, -0.05) is 0 Å². The van der Waals surface area contributed by atoms with Gasteiger partial charge in [-0.25, -0.2) is 4.79 Å². The lowest BCUT2D eigenvalue weighted by Crippen LogP contribution is -2.41. The molecule has 0 unspecified atom stereocenters. The zero-order valence-electron chi connectivity index (χ0n) is 15.9. The molecule has 2 aromatic heterocycles. The smallest absolute Gasteiger partial charge is 0.317 e. The molecule has 2 aromatic rings. The van der Waals surface area contributed by atoms with E-state index in [1.807, 2.05) is 35.1 Å². The Morgan fingerprint density at radius 2 is 2.08 bits per heavy atom. The summed E-state index contributed by atoms with van der Waals surface area (Å²) < 4.78 is 1.90. The number of hydrogen-bond donors (Lipinski definition) is 1. The van der Waals surface area contributed by atoms with Crippen LogP contribution in [-0.4, -0.2) is 51.9 Å². The number of aromatic nitrogens is 3. The minimum absolute atomic E-state index is 0.00180. The predicted octanol–water partition coefficient (Wildman–Crippen LogP) is 2.34. The van der Waals surface area contributed by atoms with Gasteiger partial charge in [0.05, 0.1) is 5.69 Å². The van der Waals surface area contributed by atoms with E-state index < -0.39 is 0 Å². The first-order chi connectivity index (χ1) is 12.6. The molecule has 7 nitrogen and oxygen atoms in total. The first kappa shape index (κ1) is 18.2. The van der Waals surface area contributed by atoms with Crippen LogP contribution in [0.15, 0.2) is 24.7 Å². The van der Waals surface area contributed by atoms with Gasteiger partial charge in [0.2, 0.25) is 0 Å². The fraction of sp³-hybridized carbons (Fsp3) is 0.526. The summed E-state index contributed by atoms with van der Waals surface area (Å²) in [6, 6.07) is 2.06. The second-order valence-electron chi connectivity index (χ2n) is 6.74. The highest BCUT2D eigenvalue weighted by atomic mass is 16.2. The van der Waals surface area contributed by atoms with Crippen molar-refractivity contribution in [2.45, 2.75) is 40.3 Å². The van der Waals surface area contributed by atoms with Crippen LogP contribution in [0.5, 0.6) is 0 Å². The highest BCUT2D eigenvalue weighted by Gasteiger charge is 2.20. The minimum Gasteiger partial charge on any atom is -0.369 e.